The van der Waals surface area contributed by atoms with E-state index in [1.165, 1.54) is 22.2 Å². The average molecular weight is 366 g/mol. The van der Waals surface area contributed by atoms with Crippen molar-refractivity contribution in [3.8, 4) is 11.5 Å². The number of H-pyrrole nitrogens is 1. The molecule has 27 heavy (non-hydrogen) atoms. The Labute approximate surface area is 159 Å². The van der Waals surface area contributed by atoms with E-state index in [9.17, 15) is 0 Å². The first-order valence-corrected chi connectivity index (χ1v) is 8.93. The Morgan fingerprint density at radius 2 is 1.89 bits per heavy atom. The number of nitrogens with two attached hydrogens (primary N) is 1. The number of ether oxygens (including phenoxy) is 2. The average Bonchev–Trinajstić information content (AvgIpc) is 3.01. The molecule has 0 amide bonds. The molecule has 0 fully saturated rings. The highest BCUT2D eigenvalue weighted by molar-refractivity contribution is 5.84. The van der Waals surface area contributed by atoms with Gasteiger partial charge in [0.2, 0.25) is 0 Å². The molecule has 0 unspecified atom stereocenters. The van der Waals surface area contributed by atoms with Crippen molar-refractivity contribution in [2.45, 2.75) is 19.9 Å². The predicted molar refractivity (Wildman–Crippen MR) is 110 cm³/mol. The van der Waals surface area contributed by atoms with Gasteiger partial charge in [0.1, 0.15) is 0 Å². The molecule has 0 aliphatic rings. The van der Waals surface area contributed by atoms with Crippen LogP contribution in [0.5, 0.6) is 11.5 Å². The molecule has 2 aromatic carbocycles. The normalized spacial score (nSPS) is 11.6. The number of aliphatic imine (C=N–C) groups is 1. The van der Waals surface area contributed by atoms with E-state index in [1.807, 2.05) is 24.3 Å². The lowest BCUT2D eigenvalue weighted by Crippen LogP contribution is -2.33. The summed E-state index contributed by atoms with van der Waals surface area (Å²) in [5.41, 5.74) is 10.7. The molecule has 4 N–H and O–H groups in total. The fourth-order valence-electron chi connectivity index (χ4n) is 3.18. The maximum absolute atomic E-state index is 6.01. The van der Waals surface area contributed by atoms with Gasteiger partial charge in [-0.15, -0.1) is 0 Å². The van der Waals surface area contributed by atoms with Crippen molar-refractivity contribution in [2.75, 3.05) is 20.8 Å². The number of rotatable bonds is 7. The Hall–Kier alpha value is -3.15. The minimum absolute atomic E-state index is 0.433. The predicted octanol–water partition coefficient (Wildman–Crippen LogP) is 3.14. The van der Waals surface area contributed by atoms with Crippen molar-refractivity contribution >= 4 is 16.9 Å². The fraction of sp³-hybridized carbons (Fsp3) is 0.286. The van der Waals surface area contributed by atoms with E-state index in [-0.39, 0.29) is 0 Å². The van der Waals surface area contributed by atoms with Gasteiger partial charge >= 0.3 is 0 Å². The van der Waals surface area contributed by atoms with Crippen LogP contribution in [0.2, 0.25) is 0 Å². The number of fused-ring (bicyclic) bond motifs is 1. The Kier molecular flexibility index (Phi) is 5.86. The number of nitrogens with zero attached hydrogens (tertiary/aromatic N) is 1. The summed E-state index contributed by atoms with van der Waals surface area (Å²) < 4.78 is 10.6. The quantitative estimate of drug-likeness (QED) is 0.443. The van der Waals surface area contributed by atoms with E-state index in [0.29, 0.717) is 24.0 Å². The molecule has 3 aromatic rings. The zero-order valence-corrected chi connectivity index (χ0v) is 16.0. The molecule has 0 aliphatic carbocycles. The van der Waals surface area contributed by atoms with Crippen molar-refractivity contribution in [3.05, 3.63) is 59.3 Å². The molecule has 0 saturated carbocycles. The molecule has 142 valence electrons. The lowest BCUT2D eigenvalue weighted by Gasteiger charge is -2.09. The van der Waals surface area contributed by atoms with Gasteiger partial charge in [0.25, 0.3) is 0 Å². The number of aromatic nitrogens is 1. The molecule has 0 spiro atoms. The minimum Gasteiger partial charge on any atom is -0.493 e. The molecule has 0 bridgehead atoms. The van der Waals surface area contributed by atoms with Gasteiger partial charge in [0, 0.05) is 23.1 Å². The smallest absolute Gasteiger partial charge is 0.188 e. The highest BCUT2D eigenvalue weighted by atomic mass is 16.5. The highest BCUT2D eigenvalue weighted by Gasteiger charge is 2.08. The summed E-state index contributed by atoms with van der Waals surface area (Å²) in [5, 5.41) is 4.45. The number of hydrogen-bond acceptors (Lipinski definition) is 3. The number of nitrogens with one attached hydrogen (secondary N) is 2. The summed E-state index contributed by atoms with van der Waals surface area (Å²) in [7, 11) is 3.24. The molecule has 0 radical (unpaired) electrons. The van der Waals surface area contributed by atoms with Gasteiger partial charge < -0.3 is 25.5 Å². The van der Waals surface area contributed by atoms with Crippen molar-refractivity contribution in [2.24, 2.45) is 10.7 Å². The molecule has 0 atom stereocenters. The zero-order chi connectivity index (χ0) is 19.2. The van der Waals surface area contributed by atoms with Gasteiger partial charge in [-0.05, 0) is 42.7 Å². The minimum atomic E-state index is 0.433. The molecule has 6 heteroatoms. The van der Waals surface area contributed by atoms with Crippen molar-refractivity contribution in [1.29, 1.82) is 0 Å². The van der Waals surface area contributed by atoms with Crippen LogP contribution in [-0.2, 0) is 13.0 Å². The molecular formula is C21H26N4O2. The summed E-state index contributed by atoms with van der Waals surface area (Å²) in [6, 6.07) is 14.1. The SMILES string of the molecule is COc1ccc(CN=C(N)NCCc2c(C)[nH]c3ccccc23)cc1OC. The summed E-state index contributed by atoms with van der Waals surface area (Å²) in [4.78, 5) is 7.83. The third-order valence-corrected chi connectivity index (χ3v) is 4.59. The molecule has 1 heterocycles. The number of guanidine groups is 1. The van der Waals surface area contributed by atoms with Gasteiger partial charge in [0.15, 0.2) is 17.5 Å². The van der Waals surface area contributed by atoms with E-state index in [2.05, 4.69) is 40.4 Å². The van der Waals surface area contributed by atoms with Crippen molar-refractivity contribution < 1.29 is 9.47 Å². The molecule has 0 aliphatic heterocycles. The van der Waals surface area contributed by atoms with Crippen LogP contribution >= 0.6 is 0 Å². The van der Waals surface area contributed by atoms with E-state index >= 15 is 0 Å². The number of benzene rings is 2. The Balaban J connectivity index is 1.57. The first-order chi connectivity index (χ1) is 13.1. The molecule has 0 saturated heterocycles. The Bertz CT molecular complexity index is 947. The Morgan fingerprint density at radius 3 is 2.67 bits per heavy atom. The first kappa shape index (κ1) is 18.6. The maximum Gasteiger partial charge on any atom is 0.188 e. The Morgan fingerprint density at radius 1 is 1.11 bits per heavy atom. The van der Waals surface area contributed by atoms with Crippen LogP contribution in [0, 0.1) is 6.92 Å². The van der Waals surface area contributed by atoms with Crippen molar-refractivity contribution in [1.82, 2.24) is 10.3 Å². The monoisotopic (exact) mass is 366 g/mol. The van der Waals surface area contributed by atoms with E-state index in [0.717, 1.165) is 18.5 Å². The topological polar surface area (TPSA) is 84.7 Å². The molecule has 1 aromatic heterocycles. The number of aryl methyl sites for hydroxylation is 1. The second-order valence-electron chi connectivity index (χ2n) is 6.34. The first-order valence-electron chi connectivity index (χ1n) is 8.93. The standard InChI is InChI=1S/C21H26N4O2/c1-14-16(17-6-4-5-7-18(17)25-14)10-11-23-21(22)24-13-15-8-9-19(26-2)20(12-15)27-3/h4-9,12,25H,10-11,13H2,1-3H3,(H3,22,23,24). The molecule has 6 nitrogen and oxygen atoms in total. The summed E-state index contributed by atoms with van der Waals surface area (Å²) in [6.45, 7) is 3.30. The third kappa shape index (κ3) is 4.34. The van der Waals surface area contributed by atoms with Crippen LogP contribution in [0.15, 0.2) is 47.5 Å². The number of hydrogen-bond donors (Lipinski definition) is 3. The van der Waals surface area contributed by atoms with Gasteiger partial charge in [-0.1, -0.05) is 24.3 Å². The van der Waals surface area contributed by atoms with Gasteiger partial charge in [-0.25, -0.2) is 4.99 Å². The second kappa shape index (κ2) is 8.49. The molecular weight excluding hydrogens is 340 g/mol. The highest BCUT2D eigenvalue weighted by Crippen LogP contribution is 2.27. The number of aromatic amines is 1. The third-order valence-electron chi connectivity index (χ3n) is 4.59. The summed E-state index contributed by atoms with van der Waals surface area (Å²) in [6.07, 6.45) is 0.877. The van der Waals surface area contributed by atoms with Crippen LogP contribution in [0.1, 0.15) is 16.8 Å². The summed E-state index contributed by atoms with van der Waals surface area (Å²) in [5.74, 6) is 1.82. The lowest BCUT2D eigenvalue weighted by atomic mass is 10.1. The van der Waals surface area contributed by atoms with Crippen LogP contribution in [0.3, 0.4) is 0 Å². The van der Waals surface area contributed by atoms with Gasteiger partial charge in [-0.3, -0.25) is 0 Å². The maximum atomic E-state index is 6.01. The lowest BCUT2D eigenvalue weighted by molar-refractivity contribution is 0.354. The molecule has 3 rings (SSSR count). The van der Waals surface area contributed by atoms with E-state index in [1.54, 1.807) is 14.2 Å². The number of para-hydroxylation sites is 1. The van der Waals surface area contributed by atoms with Crippen LogP contribution in [0.4, 0.5) is 0 Å². The largest absolute Gasteiger partial charge is 0.493 e. The van der Waals surface area contributed by atoms with Crippen molar-refractivity contribution in [3.63, 3.8) is 0 Å². The van der Waals surface area contributed by atoms with Crippen LogP contribution in [0.25, 0.3) is 10.9 Å². The van der Waals surface area contributed by atoms with Gasteiger partial charge in [0.05, 0.1) is 20.8 Å². The van der Waals surface area contributed by atoms with E-state index in [4.69, 9.17) is 15.2 Å². The summed E-state index contributed by atoms with van der Waals surface area (Å²) >= 11 is 0. The zero-order valence-electron chi connectivity index (χ0n) is 16.0. The number of methoxy groups -OCH3 is 2. The van der Waals surface area contributed by atoms with Crippen LogP contribution in [-0.4, -0.2) is 31.7 Å². The second-order valence-corrected chi connectivity index (χ2v) is 6.34. The fourth-order valence-corrected chi connectivity index (χ4v) is 3.18. The van der Waals surface area contributed by atoms with E-state index < -0.39 is 0 Å². The van der Waals surface area contributed by atoms with Crippen LogP contribution < -0.4 is 20.5 Å². The van der Waals surface area contributed by atoms with Gasteiger partial charge in [-0.2, -0.15) is 0 Å².